The van der Waals surface area contributed by atoms with Crippen molar-refractivity contribution in [3.05, 3.63) is 70.8 Å². The minimum absolute atomic E-state index is 0.194. The highest BCUT2D eigenvalue weighted by Crippen LogP contribution is 2.20. The molecule has 2 amide bonds. The van der Waals surface area contributed by atoms with Crippen LogP contribution in [0.2, 0.25) is 5.02 Å². The second-order valence-corrected chi connectivity index (χ2v) is 6.48. The number of anilines is 1. The van der Waals surface area contributed by atoms with Gasteiger partial charge >= 0.3 is 5.97 Å². The number of halogens is 1. The molecular formula is C21H21ClN2O4. The lowest BCUT2D eigenvalue weighted by molar-refractivity contribution is -0.148. The number of amides is 2. The van der Waals surface area contributed by atoms with E-state index in [9.17, 15) is 14.4 Å². The SMILES string of the molecule is Cc1ccccc1/C=C/C(=O)OCC(=O)N(C)CC(=O)Nc1ccccc1Cl. The van der Waals surface area contributed by atoms with Crippen LogP contribution >= 0.6 is 11.6 Å². The molecule has 0 aliphatic rings. The molecule has 1 N–H and O–H groups in total. The summed E-state index contributed by atoms with van der Waals surface area (Å²) in [6.07, 6.45) is 2.89. The molecule has 0 aliphatic carbocycles. The van der Waals surface area contributed by atoms with E-state index in [0.717, 1.165) is 11.1 Å². The van der Waals surface area contributed by atoms with Gasteiger partial charge in [0.2, 0.25) is 5.91 Å². The predicted molar refractivity (Wildman–Crippen MR) is 109 cm³/mol. The second kappa shape index (κ2) is 10.3. The lowest BCUT2D eigenvalue weighted by atomic mass is 10.1. The Bertz CT molecular complexity index is 895. The van der Waals surface area contributed by atoms with Crippen molar-refractivity contribution in [3.8, 4) is 0 Å². The maximum Gasteiger partial charge on any atom is 0.331 e. The molecule has 0 atom stereocenters. The maximum absolute atomic E-state index is 12.0. The van der Waals surface area contributed by atoms with Gasteiger partial charge in [-0.25, -0.2) is 4.79 Å². The van der Waals surface area contributed by atoms with E-state index in [0.29, 0.717) is 10.7 Å². The maximum atomic E-state index is 12.0. The fraction of sp³-hybridized carbons (Fsp3) is 0.190. The van der Waals surface area contributed by atoms with E-state index in [1.54, 1.807) is 30.3 Å². The first kappa shape index (κ1) is 21.2. The van der Waals surface area contributed by atoms with Gasteiger partial charge in [0.1, 0.15) is 0 Å². The highest BCUT2D eigenvalue weighted by Gasteiger charge is 2.15. The normalized spacial score (nSPS) is 10.5. The topological polar surface area (TPSA) is 75.7 Å². The number of nitrogens with zero attached hydrogens (tertiary/aromatic N) is 1. The molecular weight excluding hydrogens is 380 g/mol. The van der Waals surface area contributed by atoms with E-state index < -0.39 is 24.4 Å². The van der Waals surface area contributed by atoms with Crippen molar-refractivity contribution in [3.63, 3.8) is 0 Å². The lowest BCUT2D eigenvalue weighted by Crippen LogP contribution is -2.37. The van der Waals surface area contributed by atoms with Crippen LogP contribution in [0.3, 0.4) is 0 Å². The van der Waals surface area contributed by atoms with E-state index in [4.69, 9.17) is 16.3 Å². The minimum Gasteiger partial charge on any atom is -0.452 e. The number of esters is 1. The van der Waals surface area contributed by atoms with E-state index >= 15 is 0 Å². The summed E-state index contributed by atoms with van der Waals surface area (Å²) in [4.78, 5) is 37.0. The fourth-order valence-corrected chi connectivity index (χ4v) is 2.46. The number of benzene rings is 2. The van der Waals surface area contributed by atoms with E-state index in [1.165, 1.54) is 18.0 Å². The number of rotatable bonds is 7. The Morgan fingerprint density at radius 2 is 1.79 bits per heavy atom. The number of carbonyl (C=O) groups excluding carboxylic acids is 3. The van der Waals surface area contributed by atoms with Crippen LogP contribution in [0, 0.1) is 6.92 Å². The number of hydrogen-bond donors (Lipinski definition) is 1. The summed E-state index contributed by atoms with van der Waals surface area (Å²) in [5.74, 6) is -1.54. The zero-order valence-corrected chi connectivity index (χ0v) is 16.4. The molecule has 2 rings (SSSR count). The number of ether oxygens (including phenoxy) is 1. The molecule has 7 heteroatoms. The summed E-state index contributed by atoms with van der Waals surface area (Å²) >= 11 is 5.98. The first-order valence-electron chi connectivity index (χ1n) is 8.55. The Morgan fingerprint density at radius 3 is 2.50 bits per heavy atom. The molecule has 0 unspecified atom stereocenters. The number of likely N-dealkylation sites (N-methyl/N-ethyl adjacent to an activating group) is 1. The standard InChI is InChI=1S/C21H21ClN2O4/c1-15-7-3-4-8-16(15)11-12-21(27)28-14-20(26)24(2)13-19(25)23-18-10-6-5-9-17(18)22/h3-12H,13-14H2,1-2H3,(H,23,25)/b12-11+. The quantitative estimate of drug-likeness (QED) is 0.571. The molecule has 146 valence electrons. The third-order valence-corrected chi connectivity index (χ3v) is 4.21. The molecule has 0 spiro atoms. The van der Waals surface area contributed by atoms with E-state index in [1.807, 2.05) is 31.2 Å². The van der Waals surface area contributed by atoms with Crippen molar-refractivity contribution in [2.75, 3.05) is 25.5 Å². The van der Waals surface area contributed by atoms with Crippen molar-refractivity contribution in [2.45, 2.75) is 6.92 Å². The summed E-state index contributed by atoms with van der Waals surface area (Å²) in [5, 5.41) is 3.02. The van der Waals surface area contributed by atoms with Gasteiger partial charge in [-0.15, -0.1) is 0 Å². The molecule has 0 bridgehead atoms. The lowest BCUT2D eigenvalue weighted by Gasteiger charge is -2.16. The van der Waals surface area contributed by atoms with Gasteiger partial charge in [-0.2, -0.15) is 0 Å². The smallest absolute Gasteiger partial charge is 0.331 e. The summed E-state index contributed by atoms with van der Waals surface area (Å²) in [5.41, 5.74) is 2.37. The Balaban J connectivity index is 1.78. The van der Waals surface area contributed by atoms with Crippen molar-refractivity contribution >= 4 is 41.1 Å². The zero-order chi connectivity index (χ0) is 20.5. The molecule has 0 fully saturated rings. The fourth-order valence-electron chi connectivity index (χ4n) is 2.28. The molecule has 2 aromatic carbocycles. The van der Waals surface area contributed by atoms with Crippen LogP contribution in [0.1, 0.15) is 11.1 Å². The highest BCUT2D eigenvalue weighted by molar-refractivity contribution is 6.33. The van der Waals surface area contributed by atoms with Gasteiger partial charge in [0, 0.05) is 13.1 Å². The Hall–Kier alpha value is -3.12. The average Bonchev–Trinajstić information content (AvgIpc) is 2.67. The van der Waals surface area contributed by atoms with Crippen LogP contribution in [-0.2, 0) is 19.1 Å². The average molecular weight is 401 g/mol. The summed E-state index contributed by atoms with van der Waals surface area (Å²) in [6, 6.07) is 14.4. The summed E-state index contributed by atoms with van der Waals surface area (Å²) < 4.78 is 4.94. The van der Waals surface area contributed by atoms with Crippen LogP contribution in [0.15, 0.2) is 54.6 Å². The van der Waals surface area contributed by atoms with Crippen LogP contribution in [-0.4, -0.2) is 42.9 Å². The van der Waals surface area contributed by atoms with Crippen molar-refractivity contribution in [1.82, 2.24) is 4.90 Å². The highest BCUT2D eigenvalue weighted by atomic mass is 35.5. The predicted octanol–water partition coefficient (Wildman–Crippen LogP) is 3.30. The van der Waals surface area contributed by atoms with Crippen LogP contribution in [0.4, 0.5) is 5.69 Å². The first-order chi connectivity index (χ1) is 13.4. The van der Waals surface area contributed by atoms with Gasteiger partial charge in [-0.3, -0.25) is 9.59 Å². The molecule has 0 heterocycles. The van der Waals surface area contributed by atoms with Crippen LogP contribution in [0.25, 0.3) is 6.08 Å². The van der Waals surface area contributed by atoms with E-state index in [-0.39, 0.29) is 6.54 Å². The zero-order valence-electron chi connectivity index (χ0n) is 15.6. The third-order valence-electron chi connectivity index (χ3n) is 3.88. The van der Waals surface area contributed by atoms with Gasteiger partial charge in [-0.1, -0.05) is 48.0 Å². The Kier molecular flexibility index (Phi) is 7.77. The first-order valence-corrected chi connectivity index (χ1v) is 8.93. The largest absolute Gasteiger partial charge is 0.452 e. The molecule has 0 aliphatic heterocycles. The molecule has 28 heavy (non-hydrogen) atoms. The monoisotopic (exact) mass is 400 g/mol. The van der Waals surface area contributed by atoms with Gasteiger partial charge in [-0.05, 0) is 36.3 Å². The number of carbonyl (C=O) groups is 3. The number of nitrogens with one attached hydrogen (secondary N) is 1. The van der Waals surface area contributed by atoms with Crippen molar-refractivity contribution < 1.29 is 19.1 Å². The number of hydrogen-bond acceptors (Lipinski definition) is 4. The van der Waals surface area contributed by atoms with Gasteiger partial charge < -0.3 is 15.0 Å². The Morgan fingerprint density at radius 1 is 1.11 bits per heavy atom. The van der Waals surface area contributed by atoms with Crippen LogP contribution < -0.4 is 5.32 Å². The van der Waals surface area contributed by atoms with Gasteiger partial charge in [0.05, 0.1) is 17.3 Å². The Labute approximate surface area is 168 Å². The van der Waals surface area contributed by atoms with Crippen molar-refractivity contribution in [2.24, 2.45) is 0 Å². The number of para-hydroxylation sites is 1. The summed E-state index contributed by atoms with van der Waals surface area (Å²) in [6.45, 7) is 1.28. The second-order valence-electron chi connectivity index (χ2n) is 6.08. The molecule has 0 radical (unpaired) electrons. The third kappa shape index (κ3) is 6.55. The van der Waals surface area contributed by atoms with Crippen molar-refractivity contribution in [1.29, 1.82) is 0 Å². The van der Waals surface area contributed by atoms with Gasteiger partial charge in [0.25, 0.3) is 5.91 Å². The number of aryl methyl sites for hydroxylation is 1. The van der Waals surface area contributed by atoms with E-state index in [2.05, 4.69) is 5.32 Å². The van der Waals surface area contributed by atoms with Crippen LogP contribution in [0.5, 0.6) is 0 Å². The molecule has 0 aromatic heterocycles. The molecule has 2 aromatic rings. The van der Waals surface area contributed by atoms with Gasteiger partial charge in [0.15, 0.2) is 6.61 Å². The molecule has 0 saturated carbocycles. The minimum atomic E-state index is -0.634. The molecule has 6 nitrogen and oxygen atoms in total. The molecule has 0 saturated heterocycles. The summed E-state index contributed by atoms with van der Waals surface area (Å²) in [7, 11) is 1.45.